The van der Waals surface area contributed by atoms with Gasteiger partial charge in [0.2, 0.25) is 0 Å². The third-order valence-corrected chi connectivity index (χ3v) is 2.83. The first-order valence-corrected chi connectivity index (χ1v) is 5.46. The predicted molar refractivity (Wildman–Crippen MR) is 57.0 cm³/mol. The molecule has 0 saturated carbocycles. The van der Waals surface area contributed by atoms with Crippen molar-refractivity contribution in [2.24, 2.45) is 0 Å². The van der Waals surface area contributed by atoms with E-state index >= 15 is 0 Å². The first kappa shape index (κ1) is 11.1. The van der Waals surface area contributed by atoms with Crippen LogP contribution in [-0.4, -0.2) is 25.3 Å². The normalized spacial score (nSPS) is 12.9. The van der Waals surface area contributed by atoms with Gasteiger partial charge in [0, 0.05) is 0 Å². The maximum Gasteiger partial charge on any atom is 0.129 e. The molecule has 6 nitrogen and oxygen atoms in total. The van der Waals surface area contributed by atoms with Crippen molar-refractivity contribution in [3.8, 4) is 0 Å². The SMILES string of the molecule is CCC(Cl)c1cn(Cc2nonc2C)nn1. The average molecular weight is 242 g/mol. The van der Waals surface area contributed by atoms with E-state index in [-0.39, 0.29) is 5.38 Å². The van der Waals surface area contributed by atoms with Crippen LogP contribution in [0.3, 0.4) is 0 Å². The Hall–Kier alpha value is -1.43. The van der Waals surface area contributed by atoms with E-state index in [4.69, 9.17) is 11.6 Å². The zero-order valence-corrected chi connectivity index (χ0v) is 9.85. The Morgan fingerprint density at radius 3 is 2.94 bits per heavy atom. The molecule has 0 aromatic carbocycles. The van der Waals surface area contributed by atoms with Crippen LogP contribution in [-0.2, 0) is 6.54 Å². The van der Waals surface area contributed by atoms with Crippen LogP contribution in [0.1, 0.15) is 35.8 Å². The van der Waals surface area contributed by atoms with E-state index in [0.717, 1.165) is 23.5 Å². The molecular weight excluding hydrogens is 230 g/mol. The number of halogens is 1. The summed E-state index contributed by atoms with van der Waals surface area (Å²) in [5, 5.41) is 15.4. The van der Waals surface area contributed by atoms with Crippen LogP contribution < -0.4 is 0 Å². The Labute approximate surface area is 97.5 Å². The van der Waals surface area contributed by atoms with Crippen LogP contribution in [0.4, 0.5) is 0 Å². The van der Waals surface area contributed by atoms with Gasteiger partial charge in [0.25, 0.3) is 0 Å². The van der Waals surface area contributed by atoms with Gasteiger partial charge in [-0.2, -0.15) is 0 Å². The Bertz CT molecular complexity index is 466. The molecule has 0 aliphatic carbocycles. The minimum absolute atomic E-state index is 0.0923. The lowest BCUT2D eigenvalue weighted by Crippen LogP contribution is -2.02. The van der Waals surface area contributed by atoms with Crippen molar-refractivity contribution in [2.45, 2.75) is 32.2 Å². The Balaban J connectivity index is 2.11. The van der Waals surface area contributed by atoms with Gasteiger partial charge < -0.3 is 0 Å². The molecule has 0 fully saturated rings. The monoisotopic (exact) mass is 241 g/mol. The van der Waals surface area contributed by atoms with Crippen molar-refractivity contribution >= 4 is 11.6 Å². The van der Waals surface area contributed by atoms with E-state index < -0.39 is 0 Å². The van der Waals surface area contributed by atoms with Crippen LogP contribution in [0.5, 0.6) is 0 Å². The summed E-state index contributed by atoms with van der Waals surface area (Å²) in [6, 6.07) is 0. The van der Waals surface area contributed by atoms with Crippen molar-refractivity contribution in [1.82, 2.24) is 25.3 Å². The van der Waals surface area contributed by atoms with Gasteiger partial charge in [0.1, 0.15) is 17.1 Å². The van der Waals surface area contributed by atoms with Crippen molar-refractivity contribution in [3.05, 3.63) is 23.3 Å². The summed E-state index contributed by atoms with van der Waals surface area (Å²) >= 11 is 6.05. The van der Waals surface area contributed by atoms with Gasteiger partial charge in [-0.05, 0) is 13.3 Å². The molecule has 0 N–H and O–H groups in total. The minimum atomic E-state index is -0.0923. The molecular formula is C9H12ClN5O. The van der Waals surface area contributed by atoms with Gasteiger partial charge >= 0.3 is 0 Å². The second-order valence-corrected chi connectivity index (χ2v) is 4.04. The van der Waals surface area contributed by atoms with Crippen molar-refractivity contribution in [2.75, 3.05) is 0 Å². The highest BCUT2D eigenvalue weighted by Crippen LogP contribution is 2.20. The molecule has 2 rings (SSSR count). The lowest BCUT2D eigenvalue weighted by Gasteiger charge is -1.98. The van der Waals surface area contributed by atoms with Crippen molar-refractivity contribution in [3.63, 3.8) is 0 Å². The molecule has 0 amide bonds. The van der Waals surface area contributed by atoms with Crippen molar-refractivity contribution in [1.29, 1.82) is 0 Å². The summed E-state index contributed by atoms with van der Waals surface area (Å²) in [6.07, 6.45) is 2.64. The Morgan fingerprint density at radius 2 is 2.31 bits per heavy atom. The highest BCUT2D eigenvalue weighted by Gasteiger charge is 2.12. The van der Waals surface area contributed by atoms with E-state index in [9.17, 15) is 0 Å². The van der Waals surface area contributed by atoms with Gasteiger partial charge in [-0.15, -0.1) is 16.7 Å². The highest BCUT2D eigenvalue weighted by molar-refractivity contribution is 6.20. The van der Waals surface area contributed by atoms with Crippen molar-refractivity contribution < 1.29 is 4.63 Å². The standard InChI is InChI=1S/C9H12ClN5O/c1-3-7(10)9-5-15(14-11-9)4-8-6(2)12-16-13-8/h5,7H,3-4H2,1-2H3. The van der Waals surface area contributed by atoms with Crippen LogP contribution in [0.2, 0.25) is 0 Å². The molecule has 0 saturated heterocycles. The number of alkyl halides is 1. The first-order valence-electron chi connectivity index (χ1n) is 5.02. The lowest BCUT2D eigenvalue weighted by atomic mass is 10.3. The summed E-state index contributed by atoms with van der Waals surface area (Å²) in [5.74, 6) is 0. The molecule has 7 heteroatoms. The molecule has 2 aromatic rings. The lowest BCUT2D eigenvalue weighted by molar-refractivity contribution is 0.300. The van der Waals surface area contributed by atoms with E-state index in [1.807, 2.05) is 20.0 Å². The van der Waals surface area contributed by atoms with Crippen LogP contribution in [0.15, 0.2) is 10.8 Å². The molecule has 0 aliphatic rings. The summed E-state index contributed by atoms with van der Waals surface area (Å²) in [7, 11) is 0. The van der Waals surface area contributed by atoms with Gasteiger partial charge in [-0.25, -0.2) is 9.31 Å². The number of hydrogen-bond acceptors (Lipinski definition) is 5. The zero-order chi connectivity index (χ0) is 11.5. The van der Waals surface area contributed by atoms with Gasteiger partial charge in [0.15, 0.2) is 0 Å². The Kier molecular flexibility index (Phi) is 3.19. The molecule has 86 valence electrons. The molecule has 0 spiro atoms. The van der Waals surface area contributed by atoms with Gasteiger partial charge in [-0.3, -0.25) is 0 Å². The van der Waals surface area contributed by atoms with E-state index in [1.54, 1.807) is 4.68 Å². The largest absolute Gasteiger partial charge is 0.246 e. The summed E-state index contributed by atoms with van der Waals surface area (Å²) < 4.78 is 6.28. The van der Waals surface area contributed by atoms with E-state index in [0.29, 0.717) is 6.54 Å². The molecule has 2 heterocycles. The number of aryl methyl sites for hydroxylation is 1. The molecule has 0 aliphatic heterocycles. The highest BCUT2D eigenvalue weighted by atomic mass is 35.5. The minimum Gasteiger partial charge on any atom is -0.246 e. The number of nitrogens with zero attached hydrogens (tertiary/aromatic N) is 5. The van der Waals surface area contributed by atoms with Gasteiger partial charge in [0.05, 0.1) is 18.1 Å². The molecule has 2 aromatic heterocycles. The second-order valence-electron chi connectivity index (χ2n) is 3.51. The zero-order valence-electron chi connectivity index (χ0n) is 9.09. The smallest absolute Gasteiger partial charge is 0.129 e. The van der Waals surface area contributed by atoms with Crippen LogP contribution >= 0.6 is 11.6 Å². The van der Waals surface area contributed by atoms with Crippen LogP contribution in [0, 0.1) is 6.92 Å². The third kappa shape index (κ3) is 2.21. The summed E-state index contributed by atoms with van der Waals surface area (Å²) in [4.78, 5) is 0. The Morgan fingerprint density at radius 1 is 1.50 bits per heavy atom. The quantitative estimate of drug-likeness (QED) is 0.762. The van der Waals surface area contributed by atoms with Gasteiger partial charge in [-0.1, -0.05) is 22.5 Å². The summed E-state index contributed by atoms with van der Waals surface area (Å²) in [5.41, 5.74) is 2.28. The van der Waals surface area contributed by atoms with Crippen LogP contribution in [0.25, 0.3) is 0 Å². The average Bonchev–Trinajstić information content (AvgIpc) is 2.89. The maximum atomic E-state index is 6.05. The number of aromatic nitrogens is 5. The predicted octanol–water partition coefficient (Wildman–Crippen LogP) is 1.71. The van der Waals surface area contributed by atoms with E-state index in [1.165, 1.54) is 0 Å². The third-order valence-electron chi connectivity index (χ3n) is 2.29. The van der Waals surface area contributed by atoms with E-state index in [2.05, 4.69) is 25.3 Å². The first-order chi connectivity index (χ1) is 7.70. The molecule has 1 atom stereocenters. The molecule has 0 radical (unpaired) electrons. The summed E-state index contributed by atoms with van der Waals surface area (Å²) in [6.45, 7) is 4.33. The molecule has 0 bridgehead atoms. The maximum absolute atomic E-state index is 6.05. The topological polar surface area (TPSA) is 69.6 Å². The number of rotatable bonds is 4. The molecule has 16 heavy (non-hydrogen) atoms. The molecule has 1 unspecified atom stereocenters. The fourth-order valence-electron chi connectivity index (χ4n) is 1.29. The second kappa shape index (κ2) is 4.61. The fourth-order valence-corrected chi connectivity index (χ4v) is 1.39. The fraction of sp³-hybridized carbons (Fsp3) is 0.556. The number of hydrogen-bond donors (Lipinski definition) is 0.